The number of nitrogens with zero attached hydrogens (tertiary/aromatic N) is 1. The number of fused-ring (bicyclic) bond motifs is 2. The smallest absolute Gasteiger partial charge is 0.262 e. The van der Waals surface area contributed by atoms with Crippen LogP contribution in [0.15, 0.2) is 76.2 Å². The molecule has 0 fully saturated rings. The summed E-state index contributed by atoms with van der Waals surface area (Å²) in [6, 6.07) is 15.4. The lowest BCUT2D eigenvalue weighted by Crippen LogP contribution is -2.20. The maximum Gasteiger partial charge on any atom is 0.262 e. The van der Waals surface area contributed by atoms with Gasteiger partial charge >= 0.3 is 0 Å². The van der Waals surface area contributed by atoms with Crippen LogP contribution >= 0.6 is 0 Å². The molecule has 2 aromatic carbocycles. The van der Waals surface area contributed by atoms with Crippen molar-refractivity contribution in [1.82, 2.24) is 4.98 Å². The summed E-state index contributed by atoms with van der Waals surface area (Å²) in [6.45, 7) is -0.161. The Bertz CT molecular complexity index is 1150. The van der Waals surface area contributed by atoms with E-state index in [1.54, 1.807) is 67.0 Å². The number of nitrogens with one attached hydrogen (secondary N) is 1. The van der Waals surface area contributed by atoms with Gasteiger partial charge in [-0.2, -0.15) is 0 Å². The van der Waals surface area contributed by atoms with E-state index in [-0.39, 0.29) is 17.9 Å². The molecule has 26 heavy (non-hydrogen) atoms. The lowest BCUT2D eigenvalue weighted by molar-refractivity contribution is -0.118. The molecule has 0 saturated carbocycles. The fraction of sp³-hybridized carbons (Fsp3) is 0.0500. The van der Waals surface area contributed by atoms with Gasteiger partial charge in [-0.05, 0) is 36.4 Å². The molecule has 0 saturated heterocycles. The van der Waals surface area contributed by atoms with Crippen molar-refractivity contribution in [3.63, 3.8) is 0 Å². The molecule has 1 amide bonds. The first kappa shape index (κ1) is 15.8. The van der Waals surface area contributed by atoms with Crippen LogP contribution in [0.5, 0.6) is 5.75 Å². The number of rotatable bonds is 4. The second-order valence-electron chi connectivity index (χ2n) is 5.66. The van der Waals surface area contributed by atoms with E-state index in [1.165, 1.54) is 0 Å². The minimum absolute atomic E-state index is 0.0937. The Morgan fingerprint density at radius 1 is 1.00 bits per heavy atom. The average molecular weight is 346 g/mol. The van der Waals surface area contributed by atoms with Crippen LogP contribution in [0.1, 0.15) is 0 Å². The third kappa shape index (κ3) is 3.12. The van der Waals surface area contributed by atoms with E-state index < -0.39 is 0 Å². The second kappa shape index (κ2) is 6.68. The first-order chi connectivity index (χ1) is 12.7. The summed E-state index contributed by atoms with van der Waals surface area (Å²) in [7, 11) is 0. The molecule has 0 unspecified atom stereocenters. The molecule has 128 valence electrons. The number of aromatic nitrogens is 1. The number of amides is 1. The fourth-order valence-electron chi connectivity index (χ4n) is 2.65. The second-order valence-corrected chi connectivity index (χ2v) is 5.66. The van der Waals surface area contributed by atoms with Crippen molar-refractivity contribution < 1.29 is 13.9 Å². The normalized spacial score (nSPS) is 10.8. The van der Waals surface area contributed by atoms with Crippen LogP contribution < -0.4 is 15.5 Å². The molecule has 0 spiro atoms. The fourth-order valence-corrected chi connectivity index (χ4v) is 2.65. The minimum Gasteiger partial charge on any atom is -0.484 e. The van der Waals surface area contributed by atoms with Crippen LogP contribution in [0.3, 0.4) is 0 Å². The summed E-state index contributed by atoms with van der Waals surface area (Å²) in [5, 5.41) is 3.71. The van der Waals surface area contributed by atoms with Crippen molar-refractivity contribution in [2.45, 2.75) is 0 Å². The van der Waals surface area contributed by atoms with Gasteiger partial charge in [0.15, 0.2) is 6.61 Å². The van der Waals surface area contributed by atoms with E-state index in [9.17, 15) is 9.59 Å². The van der Waals surface area contributed by atoms with Crippen LogP contribution in [-0.4, -0.2) is 17.5 Å². The maximum absolute atomic E-state index is 12.5. The lowest BCUT2D eigenvalue weighted by atomic mass is 10.1. The van der Waals surface area contributed by atoms with Crippen molar-refractivity contribution in [3.8, 4) is 5.75 Å². The molecule has 0 radical (unpaired) electrons. The first-order valence-electron chi connectivity index (χ1n) is 7.99. The van der Waals surface area contributed by atoms with Gasteiger partial charge in [0.1, 0.15) is 16.9 Å². The molecule has 0 aliphatic carbocycles. The number of hydrogen-bond donors (Lipinski definition) is 1. The highest BCUT2D eigenvalue weighted by atomic mass is 16.5. The highest BCUT2D eigenvalue weighted by molar-refractivity contribution is 5.92. The number of pyridine rings is 1. The number of hydrogen-bond acceptors (Lipinski definition) is 5. The number of ether oxygens (including phenoxy) is 1. The van der Waals surface area contributed by atoms with Crippen LogP contribution in [0.25, 0.3) is 21.9 Å². The first-order valence-corrected chi connectivity index (χ1v) is 7.99. The summed E-state index contributed by atoms with van der Waals surface area (Å²) in [6.07, 6.45) is 3.18. The van der Waals surface area contributed by atoms with Gasteiger partial charge in [0, 0.05) is 24.1 Å². The molecule has 6 heteroatoms. The Labute approximate surface area is 148 Å². The zero-order valence-corrected chi connectivity index (χ0v) is 13.6. The zero-order chi connectivity index (χ0) is 17.9. The molecule has 0 bridgehead atoms. The van der Waals surface area contributed by atoms with E-state index in [0.29, 0.717) is 33.4 Å². The van der Waals surface area contributed by atoms with Gasteiger partial charge < -0.3 is 14.5 Å². The highest BCUT2D eigenvalue weighted by Crippen LogP contribution is 2.22. The van der Waals surface area contributed by atoms with Crippen LogP contribution in [-0.2, 0) is 4.79 Å². The number of carbonyl (C=O) groups is 1. The Morgan fingerprint density at radius 3 is 2.62 bits per heavy atom. The average Bonchev–Trinajstić information content (AvgIpc) is 2.67. The largest absolute Gasteiger partial charge is 0.484 e. The zero-order valence-electron chi connectivity index (χ0n) is 13.6. The third-order valence-electron chi connectivity index (χ3n) is 3.88. The molecule has 2 aromatic heterocycles. The van der Waals surface area contributed by atoms with Crippen LogP contribution in [0.2, 0.25) is 0 Å². The Morgan fingerprint density at radius 2 is 1.77 bits per heavy atom. The van der Waals surface area contributed by atoms with Crippen LogP contribution in [0.4, 0.5) is 5.69 Å². The SMILES string of the molecule is O=C(COc1ccc2c(=O)c3ccccc3oc2c1)Nc1ccncc1. The highest BCUT2D eigenvalue weighted by Gasteiger charge is 2.09. The van der Waals surface area contributed by atoms with Gasteiger partial charge in [-0.1, -0.05) is 12.1 Å². The van der Waals surface area contributed by atoms with E-state index in [4.69, 9.17) is 9.15 Å². The predicted octanol–water partition coefficient (Wildman–Crippen LogP) is 3.36. The van der Waals surface area contributed by atoms with Crippen molar-refractivity contribution in [3.05, 3.63) is 77.2 Å². The molecule has 1 N–H and O–H groups in total. The molecule has 0 aliphatic rings. The summed E-state index contributed by atoms with van der Waals surface area (Å²) >= 11 is 0. The Kier molecular flexibility index (Phi) is 4.07. The maximum atomic E-state index is 12.5. The molecular weight excluding hydrogens is 332 g/mol. The molecule has 0 atom stereocenters. The van der Waals surface area contributed by atoms with Crippen molar-refractivity contribution in [1.29, 1.82) is 0 Å². The van der Waals surface area contributed by atoms with Crippen molar-refractivity contribution in [2.24, 2.45) is 0 Å². The number of carbonyl (C=O) groups excluding carboxylic acids is 1. The quantitative estimate of drug-likeness (QED) is 0.573. The van der Waals surface area contributed by atoms with Gasteiger partial charge in [-0.3, -0.25) is 14.6 Å². The van der Waals surface area contributed by atoms with Gasteiger partial charge in [-0.15, -0.1) is 0 Å². The van der Waals surface area contributed by atoms with Gasteiger partial charge in [0.05, 0.1) is 10.8 Å². The topological polar surface area (TPSA) is 81.4 Å². The Balaban J connectivity index is 1.55. The van der Waals surface area contributed by atoms with Crippen LogP contribution in [0, 0.1) is 0 Å². The summed E-state index contributed by atoms with van der Waals surface area (Å²) in [4.78, 5) is 28.3. The third-order valence-corrected chi connectivity index (χ3v) is 3.88. The molecule has 4 rings (SSSR count). The molecule has 6 nitrogen and oxygen atoms in total. The summed E-state index contributed by atoms with van der Waals surface area (Å²) in [5.41, 5.74) is 1.48. The van der Waals surface area contributed by atoms with E-state index in [1.807, 2.05) is 0 Å². The number of benzene rings is 2. The van der Waals surface area contributed by atoms with E-state index in [0.717, 1.165) is 0 Å². The van der Waals surface area contributed by atoms with Gasteiger partial charge in [0.25, 0.3) is 5.91 Å². The molecular formula is C20H14N2O4. The van der Waals surface area contributed by atoms with Crippen molar-refractivity contribution in [2.75, 3.05) is 11.9 Å². The lowest BCUT2D eigenvalue weighted by Gasteiger charge is -2.08. The monoisotopic (exact) mass is 346 g/mol. The number of para-hydroxylation sites is 1. The summed E-state index contributed by atoms with van der Waals surface area (Å²) in [5.74, 6) is 0.150. The van der Waals surface area contributed by atoms with Gasteiger partial charge in [0.2, 0.25) is 5.43 Å². The molecule has 0 aliphatic heterocycles. The Hall–Kier alpha value is -3.67. The van der Waals surface area contributed by atoms with E-state index in [2.05, 4.69) is 10.3 Å². The predicted molar refractivity (Wildman–Crippen MR) is 98.4 cm³/mol. The summed E-state index contributed by atoms with van der Waals surface area (Å²) < 4.78 is 11.3. The molecule has 2 heterocycles. The van der Waals surface area contributed by atoms with Gasteiger partial charge in [-0.25, -0.2) is 0 Å². The standard InChI is InChI=1S/C20H14N2O4/c23-19(22-13-7-9-21-10-8-13)12-25-14-5-6-16-18(11-14)26-17-4-2-1-3-15(17)20(16)24/h1-11H,12H2,(H,21,22,23). The minimum atomic E-state index is -0.295. The molecule has 4 aromatic rings. The number of anilines is 1. The van der Waals surface area contributed by atoms with E-state index >= 15 is 0 Å². The van der Waals surface area contributed by atoms with Crippen molar-refractivity contribution >= 4 is 33.5 Å².